The molecular formula is C19H25BBrNO. The molecule has 3 rings (SSSR count). The highest BCUT2D eigenvalue weighted by Crippen LogP contribution is 2.34. The smallest absolute Gasteiger partial charge is 0.192 e. The van der Waals surface area contributed by atoms with E-state index in [-0.39, 0.29) is 13.2 Å². The number of likely N-dealkylation sites (tertiary alicyclic amines) is 1. The normalized spacial score (nSPS) is 19.4. The monoisotopic (exact) mass is 373 g/mol. The Morgan fingerprint density at radius 3 is 2.30 bits per heavy atom. The minimum atomic E-state index is -0.416. The van der Waals surface area contributed by atoms with Crippen molar-refractivity contribution in [3.63, 3.8) is 0 Å². The summed E-state index contributed by atoms with van der Waals surface area (Å²) < 4.78 is 2.28. The van der Waals surface area contributed by atoms with E-state index in [9.17, 15) is 5.11 Å². The van der Waals surface area contributed by atoms with E-state index >= 15 is 0 Å². The van der Waals surface area contributed by atoms with Crippen molar-refractivity contribution in [2.75, 3.05) is 20.1 Å². The van der Waals surface area contributed by atoms with E-state index in [0.29, 0.717) is 0 Å². The largest absolute Gasteiger partial charge is 0.522 e. The zero-order chi connectivity index (χ0) is 16.3. The van der Waals surface area contributed by atoms with Crippen LogP contribution in [0.15, 0.2) is 59.1 Å². The van der Waals surface area contributed by atoms with E-state index in [1.165, 1.54) is 35.9 Å². The highest BCUT2D eigenvalue weighted by molar-refractivity contribution is 9.10. The average Bonchev–Trinajstić information content (AvgIpc) is 3.00. The van der Waals surface area contributed by atoms with Crippen LogP contribution < -0.4 is 0 Å². The van der Waals surface area contributed by atoms with E-state index in [1.54, 1.807) is 0 Å². The minimum Gasteiger partial charge on any atom is -0.522 e. The summed E-state index contributed by atoms with van der Waals surface area (Å²) in [6, 6.07) is 18.6. The summed E-state index contributed by atoms with van der Waals surface area (Å²) in [4.78, 5) is 0. The Hall–Kier alpha value is -1.10. The molecule has 122 valence electrons. The molecule has 0 radical (unpaired) electrons. The third-order valence-electron chi connectivity index (χ3n) is 5.67. The van der Waals surface area contributed by atoms with Gasteiger partial charge in [0.2, 0.25) is 0 Å². The first-order valence-corrected chi connectivity index (χ1v) is 9.49. The van der Waals surface area contributed by atoms with Crippen molar-refractivity contribution in [1.82, 2.24) is 0 Å². The number of hydrogen-bond acceptors (Lipinski definition) is 1. The van der Waals surface area contributed by atoms with Crippen molar-refractivity contribution >= 4 is 23.3 Å². The van der Waals surface area contributed by atoms with E-state index in [0.717, 1.165) is 10.0 Å². The van der Waals surface area contributed by atoms with Crippen LogP contribution in [0.1, 0.15) is 35.9 Å². The fraction of sp³-hybridized carbons (Fsp3) is 0.368. The number of halogens is 1. The molecule has 1 heterocycles. The van der Waals surface area contributed by atoms with Gasteiger partial charge < -0.3 is 9.50 Å². The zero-order valence-electron chi connectivity index (χ0n) is 14.0. The molecule has 0 amide bonds. The molecule has 0 unspecified atom stereocenters. The summed E-state index contributed by atoms with van der Waals surface area (Å²) in [5.74, 6) is 0.234. The lowest BCUT2D eigenvalue weighted by Crippen LogP contribution is -2.48. The second kappa shape index (κ2) is 7.21. The van der Waals surface area contributed by atoms with Gasteiger partial charge in [-0.15, -0.1) is 0 Å². The molecule has 1 aliphatic heterocycles. The summed E-state index contributed by atoms with van der Waals surface area (Å²) in [5.41, 5.74) is 2.30. The summed E-state index contributed by atoms with van der Waals surface area (Å²) in [6.45, 7) is 2.54. The molecule has 1 fully saturated rings. The van der Waals surface area contributed by atoms with Crippen molar-refractivity contribution in [2.24, 2.45) is 0 Å². The molecule has 0 aliphatic carbocycles. The van der Waals surface area contributed by atoms with Crippen molar-refractivity contribution in [3.05, 3.63) is 70.2 Å². The Kier molecular flexibility index (Phi) is 5.25. The second-order valence-corrected chi connectivity index (χ2v) is 8.46. The molecule has 2 atom stereocenters. The number of rotatable bonds is 5. The fourth-order valence-electron chi connectivity index (χ4n) is 4.32. The topological polar surface area (TPSA) is 20.2 Å². The Balaban J connectivity index is 1.92. The standard InChI is InChI=1S/C19H25BBrNO/c1-22(12-5-6-13-22)20-18(16-10-7-11-17(21)14-16)19(23)15-8-3-2-4-9-15/h2-4,7-11,14,18-19,23H,5-6,12-13,20H2,1H3/t18-,19-/m1/s1. The van der Waals surface area contributed by atoms with Gasteiger partial charge in [-0.25, -0.2) is 0 Å². The van der Waals surface area contributed by atoms with Crippen LogP contribution in [0.2, 0.25) is 0 Å². The Labute approximate surface area is 148 Å². The lowest BCUT2D eigenvalue weighted by atomic mass is 9.63. The SMILES string of the molecule is C[N+]1([BH2-][C@H](c2cccc(Br)c2)[C@H](O)c2ccccc2)CCCC1. The molecule has 0 spiro atoms. The van der Waals surface area contributed by atoms with Crippen molar-refractivity contribution in [1.29, 1.82) is 0 Å². The van der Waals surface area contributed by atoms with Gasteiger partial charge in [0.25, 0.3) is 0 Å². The third kappa shape index (κ3) is 4.06. The van der Waals surface area contributed by atoms with Gasteiger partial charge in [-0.3, -0.25) is 0 Å². The average molecular weight is 374 g/mol. The van der Waals surface area contributed by atoms with E-state index in [4.69, 9.17) is 0 Å². The Morgan fingerprint density at radius 2 is 1.65 bits per heavy atom. The molecule has 2 aromatic carbocycles. The summed E-state index contributed by atoms with van der Waals surface area (Å²) in [5, 5.41) is 11.1. The number of benzene rings is 2. The third-order valence-corrected chi connectivity index (χ3v) is 6.16. The van der Waals surface area contributed by atoms with E-state index < -0.39 is 6.10 Å². The Bertz CT molecular complexity index is 643. The maximum Gasteiger partial charge on any atom is 0.192 e. The number of hydrogen-bond donors (Lipinski definition) is 1. The number of aliphatic hydroxyl groups excluding tert-OH is 1. The lowest BCUT2D eigenvalue weighted by molar-refractivity contribution is -0.788. The lowest BCUT2D eigenvalue weighted by Gasteiger charge is -2.43. The van der Waals surface area contributed by atoms with Crippen LogP contribution in [0, 0.1) is 0 Å². The highest BCUT2D eigenvalue weighted by atomic mass is 79.9. The zero-order valence-corrected chi connectivity index (χ0v) is 15.5. The van der Waals surface area contributed by atoms with Crippen LogP contribution in [-0.2, 0) is 0 Å². The van der Waals surface area contributed by atoms with Gasteiger partial charge in [-0.1, -0.05) is 69.8 Å². The maximum atomic E-state index is 11.1. The predicted octanol–water partition coefficient (Wildman–Crippen LogP) is 3.55. The number of quaternary nitrogens is 1. The minimum absolute atomic E-state index is 0.234. The fourth-order valence-corrected chi connectivity index (χ4v) is 4.74. The molecule has 23 heavy (non-hydrogen) atoms. The molecule has 0 saturated carbocycles. The molecule has 2 aromatic rings. The summed E-state index contributed by atoms with van der Waals surface area (Å²) in [7, 11) is 2.00. The number of aliphatic hydroxyl groups is 1. The summed E-state index contributed by atoms with van der Waals surface area (Å²) in [6.07, 6.45) is 2.24. The van der Waals surface area contributed by atoms with Gasteiger partial charge in [-0.05, 0) is 30.5 Å². The first kappa shape index (κ1) is 16.8. The van der Waals surface area contributed by atoms with Gasteiger partial charge in [0.05, 0.1) is 6.10 Å². The molecule has 2 nitrogen and oxygen atoms in total. The van der Waals surface area contributed by atoms with Crippen LogP contribution in [0.3, 0.4) is 0 Å². The van der Waals surface area contributed by atoms with E-state index in [2.05, 4.69) is 47.2 Å². The van der Waals surface area contributed by atoms with Crippen LogP contribution in [0.4, 0.5) is 0 Å². The number of nitrogens with zero attached hydrogens (tertiary/aromatic N) is 1. The maximum absolute atomic E-state index is 11.1. The first-order valence-electron chi connectivity index (χ1n) is 8.69. The van der Waals surface area contributed by atoms with Crippen LogP contribution in [0.5, 0.6) is 0 Å². The molecule has 0 bridgehead atoms. The highest BCUT2D eigenvalue weighted by Gasteiger charge is 2.29. The van der Waals surface area contributed by atoms with Crippen molar-refractivity contribution in [3.8, 4) is 0 Å². The van der Waals surface area contributed by atoms with Crippen molar-refractivity contribution in [2.45, 2.75) is 24.8 Å². The molecule has 1 saturated heterocycles. The molecule has 1 aliphatic rings. The van der Waals surface area contributed by atoms with E-state index in [1.807, 2.05) is 30.3 Å². The van der Waals surface area contributed by atoms with Crippen LogP contribution >= 0.6 is 15.9 Å². The van der Waals surface area contributed by atoms with Crippen LogP contribution in [0.25, 0.3) is 0 Å². The quantitative estimate of drug-likeness (QED) is 0.794. The van der Waals surface area contributed by atoms with Crippen molar-refractivity contribution < 1.29 is 9.50 Å². The molecule has 0 aromatic heterocycles. The van der Waals surface area contributed by atoms with Crippen LogP contribution in [-0.4, -0.2) is 37.1 Å². The predicted molar refractivity (Wildman–Crippen MR) is 102 cm³/mol. The molecule has 4 heteroatoms. The van der Waals surface area contributed by atoms with Gasteiger partial charge in [0.1, 0.15) is 0 Å². The van der Waals surface area contributed by atoms with Gasteiger partial charge in [-0.2, -0.15) is 0 Å². The van der Waals surface area contributed by atoms with Gasteiger partial charge >= 0.3 is 0 Å². The second-order valence-electron chi connectivity index (χ2n) is 7.55. The van der Waals surface area contributed by atoms with Gasteiger partial charge in [0.15, 0.2) is 7.41 Å². The van der Waals surface area contributed by atoms with Gasteiger partial charge in [0, 0.05) is 24.6 Å². The Morgan fingerprint density at radius 1 is 1.00 bits per heavy atom. The molecule has 1 N–H and O–H groups in total. The first-order chi connectivity index (χ1) is 11.1. The summed E-state index contributed by atoms with van der Waals surface area (Å²) >= 11 is 3.59. The molecular weight excluding hydrogens is 349 g/mol.